The van der Waals surface area contributed by atoms with Crippen molar-refractivity contribution in [3.05, 3.63) is 0 Å². The minimum absolute atomic E-state index is 0.0267. The molecule has 1 aliphatic carbocycles. The summed E-state index contributed by atoms with van der Waals surface area (Å²) in [5.41, 5.74) is 0.0659. The van der Waals surface area contributed by atoms with Gasteiger partial charge >= 0.3 is 5.97 Å². The largest absolute Gasteiger partial charge is 0.466 e. The highest BCUT2D eigenvalue weighted by Crippen LogP contribution is 2.42. The average molecular weight is 255 g/mol. The fraction of sp³-hybridized carbons (Fsp3) is 0.933. The van der Waals surface area contributed by atoms with Crippen LogP contribution in [0.3, 0.4) is 0 Å². The zero-order valence-electron chi connectivity index (χ0n) is 12.5. The van der Waals surface area contributed by atoms with Crippen molar-refractivity contribution >= 4 is 5.97 Å². The van der Waals surface area contributed by atoms with E-state index in [1.54, 1.807) is 0 Å². The van der Waals surface area contributed by atoms with Gasteiger partial charge in [-0.1, -0.05) is 27.2 Å². The van der Waals surface area contributed by atoms with E-state index in [1.807, 2.05) is 6.92 Å². The van der Waals surface area contributed by atoms with E-state index in [2.05, 4.69) is 25.7 Å². The molecular formula is C15H29NO2. The molecule has 0 heterocycles. The van der Waals surface area contributed by atoms with E-state index in [4.69, 9.17) is 4.74 Å². The summed E-state index contributed by atoms with van der Waals surface area (Å²) >= 11 is 0. The summed E-state index contributed by atoms with van der Waals surface area (Å²) in [5, 5.41) is 0. The van der Waals surface area contributed by atoms with Gasteiger partial charge < -0.3 is 4.74 Å². The molecular weight excluding hydrogens is 226 g/mol. The molecule has 0 aromatic rings. The molecule has 0 radical (unpaired) electrons. The Balaban J connectivity index is 2.78. The highest BCUT2D eigenvalue weighted by molar-refractivity contribution is 5.71. The molecule has 1 aliphatic rings. The first-order valence-corrected chi connectivity index (χ1v) is 7.52. The van der Waals surface area contributed by atoms with Crippen LogP contribution in [0.1, 0.15) is 59.8 Å². The quantitative estimate of drug-likeness (QED) is 0.654. The molecule has 3 nitrogen and oxygen atoms in total. The Hall–Kier alpha value is -0.570. The van der Waals surface area contributed by atoms with Crippen LogP contribution in [0.15, 0.2) is 0 Å². The number of hydrogen-bond donors (Lipinski definition) is 0. The van der Waals surface area contributed by atoms with E-state index < -0.39 is 0 Å². The molecule has 0 aromatic heterocycles. The van der Waals surface area contributed by atoms with Crippen molar-refractivity contribution in [2.45, 2.75) is 65.3 Å². The van der Waals surface area contributed by atoms with Crippen LogP contribution in [0.25, 0.3) is 0 Å². The van der Waals surface area contributed by atoms with Crippen LogP contribution in [0.4, 0.5) is 0 Å². The lowest BCUT2D eigenvalue weighted by atomic mass is 9.89. The Kier molecular flexibility index (Phi) is 6.13. The van der Waals surface area contributed by atoms with Crippen molar-refractivity contribution in [3.63, 3.8) is 0 Å². The third-order valence-electron chi connectivity index (χ3n) is 4.48. The summed E-state index contributed by atoms with van der Waals surface area (Å²) in [5.74, 6) is 0.751. The Morgan fingerprint density at radius 1 is 1.28 bits per heavy atom. The van der Waals surface area contributed by atoms with Crippen molar-refractivity contribution in [2.24, 2.45) is 5.92 Å². The van der Waals surface area contributed by atoms with Gasteiger partial charge in [-0.25, -0.2) is 0 Å². The van der Waals surface area contributed by atoms with Gasteiger partial charge in [0.15, 0.2) is 0 Å². The lowest BCUT2D eigenvalue weighted by molar-refractivity contribution is -0.146. The SMILES string of the molecule is CCOC(=O)CC1(N(CC)CC)CCC(CC)C1. The Bertz CT molecular complexity index is 263. The molecule has 0 bridgehead atoms. The van der Waals surface area contributed by atoms with Gasteiger partial charge in [-0.05, 0) is 45.2 Å². The van der Waals surface area contributed by atoms with Gasteiger partial charge in [0.1, 0.15) is 0 Å². The van der Waals surface area contributed by atoms with Crippen LogP contribution >= 0.6 is 0 Å². The molecule has 0 amide bonds. The van der Waals surface area contributed by atoms with Crippen molar-refractivity contribution in [1.29, 1.82) is 0 Å². The Labute approximate surface area is 112 Å². The maximum Gasteiger partial charge on any atom is 0.307 e. The second-order valence-corrected chi connectivity index (χ2v) is 5.40. The van der Waals surface area contributed by atoms with Crippen molar-refractivity contribution in [1.82, 2.24) is 4.90 Å². The highest BCUT2D eigenvalue weighted by atomic mass is 16.5. The summed E-state index contributed by atoms with van der Waals surface area (Å²) in [6, 6.07) is 0. The number of rotatable bonds is 7. The second kappa shape index (κ2) is 7.13. The predicted molar refractivity (Wildman–Crippen MR) is 74.5 cm³/mol. The molecule has 3 heteroatoms. The van der Waals surface area contributed by atoms with Crippen molar-refractivity contribution < 1.29 is 9.53 Å². The van der Waals surface area contributed by atoms with Crippen molar-refractivity contribution in [3.8, 4) is 0 Å². The lowest BCUT2D eigenvalue weighted by Crippen LogP contribution is -2.48. The monoisotopic (exact) mass is 255 g/mol. The van der Waals surface area contributed by atoms with Crippen LogP contribution in [-0.4, -0.2) is 36.1 Å². The molecule has 2 atom stereocenters. The van der Waals surface area contributed by atoms with Crippen molar-refractivity contribution in [2.75, 3.05) is 19.7 Å². The lowest BCUT2D eigenvalue weighted by Gasteiger charge is -2.40. The van der Waals surface area contributed by atoms with E-state index in [0.29, 0.717) is 13.0 Å². The Morgan fingerprint density at radius 3 is 2.39 bits per heavy atom. The number of carbonyl (C=O) groups excluding carboxylic acids is 1. The van der Waals surface area contributed by atoms with Gasteiger partial charge in [-0.15, -0.1) is 0 Å². The predicted octanol–water partition coefficient (Wildman–Crippen LogP) is 3.23. The molecule has 2 unspecified atom stereocenters. The van der Waals surface area contributed by atoms with E-state index >= 15 is 0 Å². The van der Waals surface area contributed by atoms with Crippen LogP contribution in [-0.2, 0) is 9.53 Å². The standard InChI is InChI=1S/C15H29NO2/c1-5-13-9-10-15(11-13,16(6-2)7-3)12-14(17)18-8-4/h13H,5-12H2,1-4H3. The number of ether oxygens (including phenoxy) is 1. The summed E-state index contributed by atoms with van der Waals surface area (Å²) in [7, 11) is 0. The summed E-state index contributed by atoms with van der Waals surface area (Å²) in [4.78, 5) is 14.4. The molecule has 0 N–H and O–H groups in total. The topological polar surface area (TPSA) is 29.5 Å². The smallest absolute Gasteiger partial charge is 0.307 e. The first-order valence-electron chi connectivity index (χ1n) is 7.52. The van der Waals surface area contributed by atoms with Gasteiger partial charge in [0.2, 0.25) is 0 Å². The number of carbonyl (C=O) groups is 1. The summed E-state index contributed by atoms with van der Waals surface area (Å²) in [6.45, 7) is 11.0. The second-order valence-electron chi connectivity index (χ2n) is 5.40. The molecule has 0 saturated heterocycles. The molecule has 1 saturated carbocycles. The summed E-state index contributed by atoms with van der Waals surface area (Å²) in [6.07, 6.45) is 5.35. The van der Waals surface area contributed by atoms with Gasteiger partial charge in [0.05, 0.1) is 13.0 Å². The number of nitrogens with zero attached hydrogens (tertiary/aromatic N) is 1. The first kappa shape index (κ1) is 15.5. The first-order chi connectivity index (χ1) is 8.61. The molecule has 18 heavy (non-hydrogen) atoms. The maximum absolute atomic E-state index is 11.9. The number of hydrogen-bond acceptors (Lipinski definition) is 3. The van der Waals surface area contributed by atoms with Crippen LogP contribution in [0.5, 0.6) is 0 Å². The Morgan fingerprint density at radius 2 is 1.94 bits per heavy atom. The highest BCUT2D eigenvalue weighted by Gasteiger charge is 2.43. The molecule has 0 spiro atoms. The minimum Gasteiger partial charge on any atom is -0.466 e. The van der Waals surface area contributed by atoms with E-state index in [-0.39, 0.29) is 11.5 Å². The number of esters is 1. The fourth-order valence-corrected chi connectivity index (χ4v) is 3.50. The molecule has 1 fully saturated rings. The van der Waals surface area contributed by atoms with Crippen LogP contribution in [0, 0.1) is 5.92 Å². The van der Waals surface area contributed by atoms with Gasteiger partial charge in [0, 0.05) is 5.54 Å². The normalized spacial score (nSPS) is 27.7. The molecule has 0 aliphatic heterocycles. The van der Waals surface area contributed by atoms with E-state index in [0.717, 1.165) is 31.8 Å². The van der Waals surface area contributed by atoms with Crippen LogP contribution < -0.4 is 0 Å². The third-order valence-corrected chi connectivity index (χ3v) is 4.48. The molecule has 1 rings (SSSR count). The summed E-state index contributed by atoms with van der Waals surface area (Å²) < 4.78 is 5.17. The van der Waals surface area contributed by atoms with Gasteiger partial charge in [0.25, 0.3) is 0 Å². The van der Waals surface area contributed by atoms with Gasteiger partial charge in [-0.2, -0.15) is 0 Å². The third kappa shape index (κ3) is 3.47. The zero-order chi connectivity index (χ0) is 13.6. The molecule has 106 valence electrons. The fourth-order valence-electron chi connectivity index (χ4n) is 3.50. The van der Waals surface area contributed by atoms with E-state index in [9.17, 15) is 4.79 Å². The molecule has 0 aromatic carbocycles. The maximum atomic E-state index is 11.9. The van der Waals surface area contributed by atoms with Gasteiger partial charge in [-0.3, -0.25) is 9.69 Å². The van der Waals surface area contributed by atoms with E-state index in [1.165, 1.54) is 12.8 Å². The zero-order valence-corrected chi connectivity index (χ0v) is 12.5. The van der Waals surface area contributed by atoms with Crippen LogP contribution in [0.2, 0.25) is 0 Å². The minimum atomic E-state index is -0.0267. The average Bonchev–Trinajstić information content (AvgIpc) is 2.75.